The van der Waals surface area contributed by atoms with Crippen LogP contribution < -0.4 is 0 Å². The minimum absolute atomic E-state index is 0.313. The third-order valence-electron chi connectivity index (χ3n) is 6.26. The lowest BCUT2D eigenvalue weighted by atomic mass is 9.77. The molecule has 2 N–H and O–H groups in total. The van der Waals surface area contributed by atoms with Gasteiger partial charge >= 0.3 is 0 Å². The first-order chi connectivity index (χ1) is 12.9. The maximum Gasteiger partial charge on any atom is 0.0987 e. The molecule has 1 aliphatic carbocycles. The predicted octanol–water partition coefficient (Wildman–Crippen LogP) is 3.93. The standard InChI is InChI=1S/C12H17NO.C10H16N2O/c1-8(2)10-4-3-9-5-6-13-7-11(9)12(10)14;1-7(2)8-4-6-12-9(10(8)13)3-5-11-12/h5-8,10,12,14H,3-4H2,1-2H3;3,5,7-8,10,13H,4,6H2,1-2H3. The van der Waals surface area contributed by atoms with Crippen LogP contribution in [0.4, 0.5) is 0 Å². The Morgan fingerprint density at radius 2 is 1.67 bits per heavy atom. The Morgan fingerprint density at radius 1 is 0.963 bits per heavy atom. The molecule has 0 spiro atoms. The number of hydrogen-bond donors (Lipinski definition) is 2. The van der Waals surface area contributed by atoms with Gasteiger partial charge in [-0.25, -0.2) is 0 Å². The number of aromatic nitrogens is 3. The highest BCUT2D eigenvalue weighted by atomic mass is 16.3. The molecule has 2 aromatic rings. The van der Waals surface area contributed by atoms with Crippen LogP contribution in [0, 0.1) is 23.7 Å². The van der Waals surface area contributed by atoms with Gasteiger partial charge in [0, 0.05) is 30.7 Å². The fourth-order valence-electron chi connectivity index (χ4n) is 4.47. The van der Waals surface area contributed by atoms with Gasteiger partial charge in [0.1, 0.15) is 0 Å². The molecule has 5 nitrogen and oxygen atoms in total. The van der Waals surface area contributed by atoms with E-state index in [-0.39, 0.29) is 12.2 Å². The number of aliphatic hydroxyl groups is 2. The van der Waals surface area contributed by atoms with E-state index in [2.05, 4.69) is 37.8 Å². The van der Waals surface area contributed by atoms with Gasteiger partial charge in [0.15, 0.2) is 0 Å². The molecule has 0 bridgehead atoms. The van der Waals surface area contributed by atoms with E-state index in [1.807, 2.05) is 23.0 Å². The second-order valence-corrected chi connectivity index (χ2v) is 8.59. The van der Waals surface area contributed by atoms with Gasteiger partial charge in [-0.2, -0.15) is 5.10 Å². The summed E-state index contributed by atoms with van der Waals surface area (Å²) in [5, 5.41) is 24.3. The number of pyridine rings is 1. The molecule has 0 fully saturated rings. The van der Waals surface area contributed by atoms with Crippen LogP contribution in [0.2, 0.25) is 0 Å². The number of nitrogens with zero attached hydrogens (tertiary/aromatic N) is 3. The molecule has 0 saturated heterocycles. The zero-order valence-electron chi connectivity index (χ0n) is 16.9. The van der Waals surface area contributed by atoms with Crippen LogP contribution in [-0.4, -0.2) is 25.0 Å². The van der Waals surface area contributed by atoms with E-state index in [1.54, 1.807) is 12.4 Å². The summed E-state index contributed by atoms with van der Waals surface area (Å²) < 4.78 is 1.91. The minimum atomic E-state index is -0.323. The highest BCUT2D eigenvalue weighted by Gasteiger charge is 2.31. The number of rotatable bonds is 2. The van der Waals surface area contributed by atoms with E-state index in [0.29, 0.717) is 23.7 Å². The number of aryl methyl sites for hydroxylation is 2. The normalized spacial score (nSPS) is 27.0. The Kier molecular flexibility index (Phi) is 6.33. The first-order valence-corrected chi connectivity index (χ1v) is 10.2. The average molecular weight is 372 g/mol. The maximum absolute atomic E-state index is 10.2. The minimum Gasteiger partial charge on any atom is -0.388 e. The second kappa shape index (κ2) is 8.53. The lowest BCUT2D eigenvalue weighted by Gasteiger charge is -2.32. The van der Waals surface area contributed by atoms with Gasteiger partial charge in [-0.05, 0) is 60.6 Å². The molecular weight excluding hydrogens is 338 g/mol. The zero-order chi connectivity index (χ0) is 19.6. The molecule has 0 saturated carbocycles. The maximum atomic E-state index is 10.2. The van der Waals surface area contributed by atoms with Gasteiger partial charge in [0.25, 0.3) is 0 Å². The van der Waals surface area contributed by atoms with Crippen molar-refractivity contribution in [3.05, 3.63) is 47.5 Å². The van der Waals surface area contributed by atoms with Crippen molar-refractivity contribution in [2.75, 3.05) is 0 Å². The van der Waals surface area contributed by atoms with Gasteiger partial charge < -0.3 is 10.2 Å². The van der Waals surface area contributed by atoms with E-state index in [1.165, 1.54) is 5.56 Å². The number of aliphatic hydroxyl groups excluding tert-OH is 2. The lowest BCUT2D eigenvalue weighted by Crippen LogP contribution is -2.28. The molecule has 3 heterocycles. The summed E-state index contributed by atoms with van der Waals surface area (Å²) in [6.45, 7) is 9.63. The summed E-state index contributed by atoms with van der Waals surface area (Å²) in [5.74, 6) is 1.87. The fraction of sp³-hybridized carbons (Fsp3) is 0.636. The molecule has 0 aromatic carbocycles. The van der Waals surface area contributed by atoms with Crippen LogP contribution in [0.15, 0.2) is 30.7 Å². The van der Waals surface area contributed by atoms with Gasteiger partial charge in [0.2, 0.25) is 0 Å². The molecule has 1 aliphatic heterocycles. The summed E-state index contributed by atoms with van der Waals surface area (Å²) in [5.41, 5.74) is 3.28. The monoisotopic (exact) mass is 371 g/mol. The Labute approximate surface area is 162 Å². The number of hydrogen-bond acceptors (Lipinski definition) is 4. The first-order valence-electron chi connectivity index (χ1n) is 10.2. The Hall–Kier alpha value is -1.72. The van der Waals surface area contributed by atoms with Crippen LogP contribution in [-0.2, 0) is 13.0 Å². The van der Waals surface area contributed by atoms with Crippen LogP contribution in [0.5, 0.6) is 0 Å². The van der Waals surface area contributed by atoms with Crippen molar-refractivity contribution < 1.29 is 10.2 Å². The van der Waals surface area contributed by atoms with Crippen molar-refractivity contribution >= 4 is 0 Å². The third-order valence-corrected chi connectivity index (χ3v) is 6.26. The molecule has 2 aromatic heterocycles. The van der Waals surface area contributed by atoms with Crippen molar-refractivity contribution in [3.63, 3.8) is 0 Å². The summed E-state index contributed by atoms with van der Waals surface area (Å²) >= 11 is 0. The largest absolute Gasteiger partial charge is 0.388 e. The fourth-order valence-corrected chi connectivity index (χ4v) is 4.47. The molecule has 4 atom stereocenters. The highest BCUT2D eigenvalue weighted by molar-refractivity contribution is 5.28. The Bertz CT molecular complexity index is 741. The van der Waals surface area contributed by atoms with Crippen LogP contribution in [0.1, 0.15) is 69.6 Å². The van der Waals surface area contributed by atoms with Crippen LogP contribution in [0.25, 0.3) is 0 Å². The molecule has 2 aliphatic rings. The predicted molar refractivity (Wildman–Crippen MR) is 106 cm³/mol. The van der Waals surface area contributed by atoms with Crippen molar-refractivity contribution in [2.45, 2.75) is 65.7 Å². The van der Waals surface area contributed by atoms with Gasteiger partial charge in [-0.3, -0.25) is 9.67 Å². The summed E-state index contributed by atoms with van der Waals surface area (Å²) in [4.78, 5) is 4.08. The van der Waals surface area contributed by atoms with Crippen LogP contribution in [0.3, 0.4) is 0 Å². The van der Waals surface area contributed by atoms with Crippen molar-refractivity contribution in [3.8, 4) is 0 Å². The van der Waals surface area contributed by atoms with Crippen molar-refractivity contribution in [2.24, 2.45) is 23.7 Å². The smallest absolute Gasteiger partial charge is 0.0987 e. The van der Waals surface area contributed by atoms with E-state index >= 15 is 0 Å². The topological polar surface area (TPSA) is 71.2 Å². The summed E-state index contributed by atoms with van der Waals surface area (Å²) in [6, 6.07) is 3.94. The highest BCUT2D eigenvalue weighted by Crippen LogP contribution is 2.37. The van der Waals surface area contributed by atoms with Gasteiger partial charge in [-0.15, -0.1) is 0 Å². The number of fused-ring (bicyclic) bond motifs is 2. The van der Waals surface area contributed by atoms with E-state index in [4.69, 9.17) is 0 Å². The molecule has 4 rings (SSSR count). The lowest BCUT2D eigenvalue weighted by molar-refractivity contribution is 0.0476. The molecule has 27 heavy (non-hydrogen) atoms. The molecule has 5 heteroatoms. The Balaban J connectivity index is 0.000000156. The van der Waals surface area contributed by atoms with E-state index < -0.39 is 0 Å². The zero-order valence-corrected chi connectivity index (χ0v) is 16.9. The first kappa shape index (κ1) is 20.0. The SMILES string of the molecule is CC(C)C1CCc2ccncc2C1O.CC(C)C1CCn2nccc2C1O. The Morgan fingerprint density at radius 3 is 2.37 bits per heavy atom. The summed E-state index contributed by atoms with van der Waals surface area (Å²) in [6.07, 6.45) is 7.96. The van der Waals surface area contributed by atoms with Crippen molar-refractivity contribution in [1.29, 1.82) is 0 Å². The molecule has 148 valence electrons. The summed E-state index contributed by atoms with van der Waals surface area (Å²) in [7, 11) is 0. The van der Waals surface area contributed by atoms with E-state index in [9.17, 15) is 10.2 Å². The van der Waals surface area contributed by atoms with E-state index in [0.717, 1.165) is 37.1 Å². The van der Waals surface area contributed by atoms with Gasteiger partial charge in [-0.1, -0.05) is 27.7 Å². The molecule has 0 radical (unpaired) electrons. The average Bonchev–Trinajstić information content (AvgIpc) is 3.12. The van der Waals surface area contributed by atoms with Crippen molar-refractivity contribution in [1.82, 2.24) is 14.8 Å². The molecule has 4 unspecified atom stereocenters. The van der Waals surface area contributed by atoms with Crippen LogP contribution >= 0.6 is 0 Å². The van der Waals surface area contributed by atoms with Gasteiger partial charge in [0.05, 0.1) is 17.9 Å². The molecular formula is C22H33N3O2. The third kappa shape index (κ3) is 4.25. The quantitative estimate of drug-likeness (QED) is 0.839. The molecule has 0 amide bonds. The second-order valence-electron chi connectivity index (χ2n) is 8.59.